The summed E-state index contributed by atoms with van der Waals surface area (Å²) < 4.78 is 0. The third-order valence-electron chi connectivity index (χ3n) is 3.03. The Morgan fingerprint density at radius 2 is 1.94 bits per heavy atom. The molecule has 0 atom stereocenters. The molecule has 0 bridgehead atoms. The Morgan fingerprint density at radius 1 is 1.25 bits per heavy atom. The van der Waals surface area contributed by atoms with E-state index >= 15 is 0 Å². The van der Waals surface area contributed by atoms with Gasteiger partial charge in [0, 0.05) is 16.6 Å². The highest BCUT2D eigenvalue weighted by Crippen LogP contribution is 2.44. The fourth-order valence-electron chi connectivity index (χ4n) is 2.09. The van der Waals surface area contributed by atoms with Crippen LogP contribution in [0.2, 0.25) is 10.0 Å². The smallest absolute Gasteiger partial charge is 0.152 e. The number of aldehydes is 1. The maximum atomic E-state index is 11.2. The van der Waals surface area contributed by atoms with Crippen molar-refractivity contribution in [3.8, 4) is 0 Å². The van der Waals surface area contributed by atoms with Crippen LogP contribution in [0.1, 0.15) is 34.8 Å². The second-order valence-corrected chi connectivity index (χ2v) is 4.94. The molecule has 2 aromatic rings. The Hall–Kier alpha value is -0.990. The summed E-state index contributed by atoms with van der Waals surface area (Å²) in [6, 6.07) is 3.47. The normalized spacial score (nSPS) is 15.6. The average molecular weight is 254 g/mol. The monoisotopic (exact) mass is 253 g/mol. The van der Waals surface area contributed by atoms with Crippen LogP contribution >= 0.6 is 23.2 Å². The fraction of sp³-hybridized carbons (Fsp3) is 0.250. The highest BCUT2D eigenvalue weighted by Gasteiger charge is 2.29. The largest absolute Gasteiger partial charge is 0.356 e. The molecule has 0 aliphatic heterocycles. The number of fused-ring (bicyclic) bond motifs is 1. The molecule has 16 heavy (non-hydrogen) atoms. The van der Waals surface area contributed by atoms with Crippen molar-refractivity contribution < 1.29 is 4.79 Å². The number of nitrogens with one attached hydrogen (secondary N) is 1. The zero-order valence-electron chi connectivity index (χ0n) is 8.39. The Bertz CT molecular complexity index is 584. The second kappa shape index (κ2) is 3.51. The Morgan fingerprint density at radius 3 is 2.56 bits per heavy atom. The molecule has 1 aromatic carbocycles. The van der Waals surface area contributed by atoms with Gasteiger partial charge in [0.15, 0.2) is 6.29 Å². The number of carbonyl (C=O) groups is 1. The van der Waals surface area contributed by atoms with Gasteiger partial charge in [0.1, 0.15) is 0 Å². The summed E-state index contributed by atoms with van der Waals surface area (Å²) >= 11 is 12.2. The minimum absolute atomic E-state index is 0.472. The molecule has 0 unspecified atom stereocenters. The van der Waals surface area contributed by atoms with Crippen LogP contribution in [0.4, 0.5) is 0 Å². The predicted molar refractivity (Wildman–Crippen MR) is 65.7 cm³/mol. The highest BCUT2D eigenvalue weighted by atomic mass is 35.5. The molecule has 0 amide bonds. The molecule has 1 saturated carbocycles. The molecule has 1 aliphatic rings. The molecule has 1 aliphatic carbocycles. The van der Waals surface area contributed by atoms with E-state index in [1.807, 2.05) is 0 Å². The van der Waals surface area contributed by atoms with Gasteiger partial charge in [-0.25, -0.2) is 0 Å². The van der Waals surface area contributed by atoms with Gasteiger partial charge in [-0.3, -0.25) is 4.79 Å². The first-order valence-electron chi connectivity index (χ1n) is 5.17. The van der Waals surface area contributed by atoms with E-state index in [1.54, 1.807) is 12.1 Å². The minimum atomic E-state index is 0.472. The van der Waals surface area contributed by atoms with Gasteiger partial charge in [0.05, 0.1) is 15.6 Å². The van der Waals surface area contributed by atoms with Crippen LogP contribution in [0.25, 0.3) is 10.9 Å². The van der Waals surface area contributed by atoms with E-state index in [4.69, 9.17) is 23.2 Å². The van der Waals surface area contributed by atoms with E-state index in [-0.39, 0.29) is 0 Å². The van der Waals surface area contributed by atoms with E-state index in [9.17, 15) is 4.79 Å². The molecule has 0 saturated heterocycles. The number of halogens is 2. The van der Waals surface area contributed by atoms with E-state index in [0.717, 1.165) is 35.7 Å². The van der Waals surface area contributed by atoms with Crippen molar-refractivity contribution >= 4 is 40.4 Å². The van der Waals surface area contributed by atoms with Gasteiger partial charge in [-0.15, -0.1) is 0 Å². The van der Waals surface area contributed by atoms with Crippen LogP contribution < -0.4 is 0 Å². The number of hydrogen-bond acceptors (Lipinski definition) is 1. The van der Waals surface area contributed by atoms with Gasteiger partial charge in [-0.05, 0) is 30.9 Å². The lowest BCUT2D eigenvalue weighted by molar-refractivity contribution is 0.112. The van der Waals surface area contributed by atoms with Crippen molar-refractivity contribution in [2.45, 2.75) is 18.8 Å². The molecule has 0 radical (unpaired) electrons. The lowest BCUT2D eigenvalue weighted by Crippen LogP contribution is -1.86. The first kappa shape index (κ1) is 10.2. The number of aromatic nitrogens is 1. The maximum Gasteiger partial charge on any atom is 0.152 e. The first-order valence-corrected chi connectivity index (χ1v) is 5.92. The van der Waals surface area contributed by atoms with E-state index in [2.05, 4.69) is 4.98 Å². The van der Waals surface area contributed by atoms with Crippen LogP contribution in [0.5, 0.6) is 0 Å². The molecule has 1 aromatic heterocycles. The van der Waals surface area contributed by atoms with Crippen molar-refractivity contribution in [1.29, 1.82) is 0 Å². The highest BCUT2D eigenvalue weighted by molar-refractivity contribution is 6.41. The molecule has 82 valence electrons. The van der Waals surface area contributed by atoms with Gasteiger partial charge in [-0.2, -0.15) is 0 Å². The Kier molecular flexibility index (Phi) is 2.23. The Balaban J connectivity index is 2.41. The van der Waals surface area contributed by atoms with Gasteiger partial charge in [0.2, 0.25) is 0 Å². The number of benzene rings is 1. The zero-order chi connectivity index (χ0) is 11.3. The van der Waals surface area contributed by atoms with Crippen molar-refractivity contribution in [2.24, 2.45) is 0 Å². The molecule has 3 rings (SSSR count). The van der Waals surface area contributed by atoms with Crippen LogP contribution in [0.15, 0.2) is 12.1 Å². The first-order chi connectivity index (χ1) is 7.72. The van der Waals surface area contributed by atoms with Crippen molar-refractivity contribution in [3.05, 3.63) is 33.4 Å². The molecule has 1 fully saturated rings. The quantitative estimate of drug-likeness (QED) is 0.801. The minimum Gasteiger partial charge on any atom is -0.356 e. The van der Waals surface area contributed by atoms with Crippen LogP contribution in [0.3, 0.4) is 0 Å². The lowest BCUT2D eigenvalue weighted by Gasteiger charge is -1.96. The number of carbonyl (C=O) groups excluding carboxylic acids is 1. The summed E-state index contributed by atoms with van der Waals surface area (Å²) in [6.07, 6.45) is 3.13. The molecule has 1 N–H and O–H groups in total. The van der Waals surface area contributed by atoms with Gasteiger partial charge >= 0.3 is 0 Å². The summed E-state index contributed by atoms with van der Waals surface area (Å²) in [5.41, 5.74) is 2.43. The maximum absolute atomic E-state index is 11.2. The molecule has 4 heteroatoms. The average Bonchev–Trinajstić information content (AvgIpc) is 3.04. The summed E-state index contributed by atoms with van der Waals surface area (Å²) in [5, 5.41) is 1.94. The molecular weight excluding hydrogens is 245 g/mol. The van der Waals surface area contributed by atoms with E-state index < -0.39 is 0 Å². The lowest BCUT2D eigenvalue weighted by atomic mass is 10.1. The summed E-state index contributed by atoms with van der Waals surface area (Å²) in [5.74, 6) is 0.472. The number of hydrogen-bond donors (Lipinski definition) is 1. The number of aromatic amines is 1. The third kappa shape index (κ3) is 1.37. The van der Waals surface area contributed by atoms with Crippen LogP contribution in [-0.2, 0) is 0 Å². The van der Waals surface area contributed by atoms with Crippen LogP contribution in [0, 0.1) is 0 Å². The van der Waals surface area contributed by atoms with E-state index in [0.29, 0.717) is 21.5 Å². The SMILES string of the molecule is O=Cc1c(C2CC2)[nH]c2c(Cl)ccc(Cl)c12. The third-order valence-corrected chi connectivity index (χ3v) is 3.66. The molecular formula is C12H9Cl2NO. The van der Waals surface area contributed by atoms with E-state index in [1.165, 1.54) is 0 Å². The summed E-state index contributed by atoms with van der Waals surface area (Å²) in [4.78, 5) is 14.4. The molecule has 1 heterocycles. The zero-order valence-corrected chi connectivity index (χ0v) is 9.90. The fourth-order valence-corrected chi connectivity index (χ4v) is 2.55. The number of H-pyrrole nitrogens is 1. The van der Waals surface area contributed by atoms with Gasteiger partial charge < -0.3 is 4.98 Å². The van der Waals surface area contributed by atoms with Crippen LogP contribution in [-0.4, -0.2) is 11.3 Å². The van der Waals surface area contributed by atoms with Gasteiger partial charge in [-0.1, -0.05) is 23.2 Å². The predicted octanol–water partition coefficient (Wildman–Crippen LogP) is 4.16. The summed E-state index contributed by atoms with van der Waals surface area (Å²) in [6.45, 7) is 0. The van der Waals surface area contributed by atoms with Crippen molar-refractivity contribution in [2.75, 3.05) is 0 Å². The van der Waals surface area contributed by atoms with Crippen molar-refractivity contribution in [3.63, 3.8) is 0 Å². The summed E-state index contributed by atoms with van der Waals surface area (Å²) in [7, 11) is 0. The van der Waals surface area contributed by atoms with Gasteiger partial charge in [0.25, 0.3) is 0 Å². The van der Waals surface area contributed by atoms with Crippen molar-refractivity contribution in [1.82, 2.24) is 4.98 Å². The standard InChI is InChI=1S/C12H9Cl2NO/c13-8-3-4-9(14)12-10(8)7(5-16)11(15-12)6-1-2-6/h3-6,15H,1-2H2. The Labute approximate surface area is 103 Å². The topological polar surface area (TPSA) is 32.9 Å². The number of rotatable bonds is 2. The molecule has 2 nitrogen and oxygen atoms in total. The second-order valence-electron chi connectivity index (χ2n) is 4.12. The molecule has 0 spiro atoms.